The molecule has 0 bridgehead atoms. The van der Waals surface area contributed by atoms with E-state index in [0.717, 1.165) is 29.5 Å². The first kappa shape index (κ1) is 20.6. The standard InChI is InChI=1S/C26H28N4O2/c1-16-9-17(2)13-25(12-16)15-26(23(31)30(3)24(28)29-26)21-11-20(7-8-22(21)32-25)19-6-4-5-18(10-19)14-27/h4-8,10-11,16-17H,9,12-13,15H2,1-3H3,(H2,28,29). The molecule has 1 amide bonds. The number of hydrogen-bond donors (Lipinski definition) is 1. The topological polar surface area (TPSA) is 91.7 Å². The van der Waals surface area contributed by atoms with Crippen molar-refractivity contribution in [2.24, 2.45) is 22.6 Å². The summed E-state index contributed by atoms with van der Waals surface area (Å²) >= 11 is 0. The Balaban J connectivity index is 1.68. The van der Waals surface area contributed by atoms with E-state index in [9.17, 15) is 10.1 Å². The molecule has 2 heterocycles. The molecule has 2 spiro atoms. The number of guanidine groups is 1. The molecule has 2 aliphatic heterocycles. The molecule has 2 N–H and O–H groups in total. The van der Waals surface area contributed by atoms with Crippen molar-refractivity contribution in [1.29, 1.82) is 5.26 Å². The summed E-state index contributed by atoms with van der Waals surface area (Å²) in [6, 6.07) is 15.6. The van der Waals surface area contributed by atoms with Crippen LogP contribution >= 0.6 is 0 Å². The molecule has 3 atom stereocenters. The molecule has 6 nitrogen and oxygen atoms in total. The van der Waals surface area contributed by atoms with Crippen molar-refractivity contribution in [2.75, 3.05) is 7.05 Å². The van der Waals surface area contributed by atoms with Gasteiger partial charge in [-0.3, -0.25) is 9.69 Å². The van der Waals surface area contributed by atoms with Crippen LogP contribution in [0.3, 0.4) is 0 Å². The van der Waals surface area contributed by atoms with Gasteiger partial charge in [0.1, 0.15) is 11.4 Å². The maximum absolute atomic E-state index is 13.6. The predicted octanol–water partition coefficient (Wildman–Crippen LogP) is 4.18. The van der Waals surface area contributed by atoms with Gasteiger partial charge in [0.25, 0.3) is 5.91 Å². The molecule has 1 saturated carbocycles. The van der Waals surface area contributed by atoms with Crippen LogP contribution in [0.5, 0.6) is 5.75 Å². The van der Waals surface area contributed by atoms with Crippen LogP contribution in [0.2, 0.25) is 0 Å². The lowest BCUT2D eigenvalue weighted by atomic mass is 9.65. The van der Waals surface area contributed by atoms with Gasteiger partial charge in [0, 0.05) is 19.0 Å². The van der Waals surface area contributed by atoms with Gasteiger partial charge in [0.05, 0.1) is 11.6 Å². The normalized spacial score (nSPS) is 31.2. The molecule has 2 aromatic carbocycles. The SMILES string of the molecule is CC1CC(C)CC2(C1)CC1(N=C(N)N(C)C1=O)c1cc(-c3cccc(C#N)c3)ccc1O2. The van der Waals surface area contributed by atoms with E-state index >= 15 is 0 Å². The minimum Gasteiger partial charge on any atom is -0.487 e. The third kappa shape index (κ3) is 3.07. The Morgan fingerprint density at radius 2 is 1.88 bits per heavy atom. The third-order valence-electron chi connectivity index (χ3n) is 7.21. The second-order valence-electron chi connectivity index (χ2n) is 9.91. The molecule has 0 radical (unpaired) electrons. The average molecular weight is 429 g/mol. The highest BCUT2D eigenvalue weighted by atomic mass is 16.5. The fraction of sp³-hybridized carbons (Fsp3) is 0.423. The van der Waals surface area contributed by atoms with Crippen molar-refractivity contribution >= 4 is 11.9 Å². The molecular formula is C26H28N4O2. The van der Waals surface area contributed by atoms with Crippen molar-refractivity contribution in [2.45, 2.75) is 50.7 Å². The van der Waals surface area contributed by atoms with Gasteiger partial charge in [0.15, 0.2) is 11.5 Å². The number of likely N-dealkylation sites (N-methyl/N-ethyl adjacent to an activating group) is 1. The molecule has 1 fully saturated rings. The second-order valence-corrected chi connectivity index (χ2v) is 9.91. The number of amides is 1. The van der Waals surface area contributed by atoms with Crippen LogP contribution in [0.25, 0.3) is 11.1 Å². The third-order valence-corrected chi connectivity index (χ3v) is 7.21. The average Bonchev–Trinajstić information content (AvgIpc) is 2.96. The molecule has 164 valence electrons. The van der Waals surface area contributed by atoms with E-state index in [1.807, 2.05) is 36.4 Å². The van der Waals surface area contributed by atoms with Gasteiger partial charge in [-0.05, 0) is 66.5 Å². The van der Waals surface area contributed by atoms with Gasteiger partial charge in [-0.1, -0.05) is 32.0 Å². The number of fused-ring (bicyclic) bond motifs is 2. The van der Waals surface area contributed by atoms with Crippen LogP contribution in [0, 0.1) is 23.2 Å². The smallest absolute Gasteiger partial charge is 0.261 e. The first-order valence-corrected chi connectivity index (χ1v) is 11.2. The summed E-state index contributed by atoms with van der Waals surface area (Å²) in [4.78, 5) is 19.9. The Labute approximate surface area is 188 Å². The van der Waals surface area contributed by atoms with Crippen LogP contribution in [-0.4, -0.2) is 29.4 Å². The lowest BCUT2D eigenvalue weighted by molar-refractivity contribution is -0.136. The lowest BCUT2D eigenvalue weighted by Crippen LogP contribution is -2.54. The highest BCUT2D eigenvalue weighted by molar-refractivity contribution is 6.07. The van der Waals surface area contributed by atoms with Gasteiger partial charge in [0.2, 0.25) is 0 Å². The number of carbonyl (C=O) groups excluding carboxylic acids is 1. The highest BCUT2D eigenvalue weighted by Crippen LogP contribution is 2.55. The van der Waals surface area contributed by atoms with Gasteiger partial charge < -0.3 is 10.5 Å². The quantitative estimate of drug-likeness (QED) is 0.737. The van der Waals surface area contributed by atoms with Crippen molar-refractivity contribution in [3.63, 3.8) is 0 Å². The lowest BCUT2D eigenvalue weighted by Gasteiger charge is -2.49. The van der Waals surface area contributed by atoms with E-state index in [2.05, 4.69) is 19.9 Å². The number of aliphatic imine (C=N–C) groups is 1. The first-order valence-electron chi connectivity index (χ1n) is 11.2. The minimum absolute atomic E-state index is 0.104. The van der Waals surface area contributed by atoms with Crippen LogP contribution in [-0.2, 0) is 10.3 Å². The largest absolute Gasteiger partial charge is 0.487 e. The predicted molar refractivity (Wildman–Crippen MR) is 123 cm³/mol. The number of carbonyl (C=O) groups is 1. The van der Waals surface area contributed by atoms with E-state index in [1.54, 1.807) is 13.1 Å². The van der Waals surface area contributed by atoms with Crippen LogP contribution < -0.4 is 10.5 Å². The summed E-state index contributed by atoms with van der Waals surface area (Å²) in [6.45, 7) is 4.52. The van der Waals surface area contributed by atoms with E-state index in [4.69, 9.17) is 15.5 Å². The monoisotopic (exact) mass is 428 g/mol. The molecule has 32 heavy (non-hydrogen) atoms. The minimum atomic E-state index is -1.08. The zero-order valence-electron chi connectivity index (χ0n) is 18.8. The summed E-state index contributed by atoms with van der Waals surface area (Å²) in [7, 11) is 1.68. The number of hydrogen-bond acceptors (Lipinski definition) is 5. The van der Waals surface area contributed by atoms with Crippen LogP contribution in [0.1, 0.15) is 50.7 Å². The molecule has 0 saturated heterocycles. The number of rotatable bonds is 1. The van der Waals surface area contributed by atoms with Gasteiger partial charge in [-0.2, -0.15) is 5.26 Å². The zero-order chi connectivity index (χ0) is 22.7. The summed E-state index contributed by atoms with van der Waals surface area (Å²) < 4.78 is 6.71. The van der Waals surface area contributed by atoms with Crippen molar-refractivity contribution in [1.82, 2.24) is 4.90 Å². The van der Waals surface area contributed by atoms with Gasteiger partial charge in [-0.25, -0.2) is 4.99 Å². The van der Waals surface area contributed by atoms with Crippen LogP contribution in [0.4, 0.5) is 0 Å². The van der Waals surface area contributed by atoms with Gasteiger partial charge in [-0.15, -0.1) is 0 Å². The van der Waals surface area contributed by atoms with Crippen molar-refractivity contribution in [3.8, 4) is 22.9 Å². The molecule has 3 unspecified atom stereocenters. The number of nitrogens with two attached hydrogens (primary N) is 1. The fourth-order valence-corrected chi connectivity index (χ4v) is 6.15. The highest BCUT2D eigenvalue weighted by Gasteiger charge is 2.59. The summed E-state index contributed by atoms with van der Waals surface area (Å²) in [5.41, 5.74) is 7.84. The molecule has 2 aromatic rings. The first-order chi connectivity index (χ1) is 15.2. The maximum Gasteiger partial charge on any atom is 0.261 e. The fourth-order valence-electron chi connectivity index (χ4n) is 6.15. The molecule has 3 aliphatic rings. The summed E-state index contributed by atoms with van der Waals surface area (Å²) in [6.07, 6.45) is 3.46. The Bertz CT molecular complexity index is 1170. The van der Waals surface area contributed by atoms with E-state index in [1.165, 1.54) is 11.3 Å². The molecule has 6 heteroatoms. The molecule has 1 aliphatic carbocycles. The Morgan fingerprint density at radius 1 is 1.16 bits per heavy atom. The number of nitriles is 1. The molecule has 5 rings (SSSR count). The Kier molecular flexibility index (Phi) is 4.56. The number of ether oxygens (including phenoxy) is 1. The second kappa shape index (κ2) is 7.09. The van der Waals surface area contributed by atoms with Crippen molar-refractivity contribution < 1.29 is 9.53 Å². The van der Waals surface area contributed by atoms with E-state index in [-0.39, 0.29) is 11.9 Å². The van der Waals surface area contributed by atoms with Crippen LogP contribution in [0.15, 0.2) is 47.5 Å². The Morgan fingerprint density at radius 3 is 2.53 bits per heavy atom. The van der Waals surface area contributed by atoms with Gasteiger partial charge >= 0.3 is 0 Å². The molecule has 0 aromatic heterocycles. The maximum atomic E-state index is 13.6. The van der Waals surface area contributed by atoms with Crippen molar-refractivity contribution in [3.05, 3.63) is 53.6 Å². The van der Waals surface area contributed by atoms with E-state index in [0.29, 0.717) is 29.6 Å². The van der Waals surface area contributed by atoms with E-state index < -0.39 is 11.1 Å². The summed E-state index contributed by atoms with van der Waals surface area (Å²) in [5, 5.41) is 9.29. The number of benzene rings is 2. The molecular weight excluding hydrogens is 400 g/mol. The summed E-state index contributed by atoms with van der Waals surface area (Å²) in [5.74, 6) is 1.87. The Hall–Kier alpha value is -3.33. The zero-order valence-corrected chi connectivity index (χ0v) is 18.8. The number of nitrogens with zero attached hydrogens (tertiary/aromatic N) is 3.